The summed E-state index contributed by atoms with van der Waals surface area (Å²) in [6.07, 6.45) is 2.48. The molecule has 3 fully saturated rings. The van der Waals surface area contributed by atoms with Gasteiger partial charge < -0.3 is 20.0 Å². The van der Waals surface area contributed by atoms with Gasteiger partial charge in [-0.2, -0.15) is 0 Å². The van der Waals surface area contributed by atoms with Gasteiger partial charge in [0.15, 0.2) is 0 Å². The van der Waals surface area contributed by atoms with E-state index in [0.29, 0.717) is 11.7 Å². The summed E-state index contributed by atoms with van der Waals surface area (Å²) in [5, 5.41) is 3.61. The first-order valence-corrected chi connectivity index (χ1v) is 12.4. The Morgan fingerprint density at radius 1 is 0.909 bits per heavy atom. The number of hydrogen-bond acceptors (Lipinski definition) is 6. The summed E-state index contributed by atoms with van der Waals surface area (Å²) in [6.45, 7) is 8.52. The molecule has 7 nitrogen and oxygen atoms in total. The van der Waals surface area contributed by atoms with E-state index in [9.17, 15) is 4.79 Å². The van der Waals surface area contributed by atoms with Crippen molar-refractivity contribution in [2.45, 2.75) is 24.9 Å². The Labute approximate surface area is 197 Å². The van der Waals surface area contributed by atoms with Crippen LogP contribution in [-0.4, -0.2) is 97.6 Å². The number of piperidine rings is 1. The molecule has 0 radical (unpaired) electrons. The summed E-state index contributed by atoms with van der Waals surface area (Å²) in [4.78, 5) is 27.3. The summed E-state index contributed by atoms with van der Waals surface area (Å²) < 4.78 is 0. The van der Waals surface area contributed by atoms with Crippen LogP contribution in [0.1, 0.15) is 34.9 Å². The van der Waals surface area contributed by atoms with Gasteiger partial charge in [-0.3, -0.25) is 9.69 Å². The fourth-order valence-corrected chi connectivity index (χ4v) is 5.40. The molecule has 1 N–H and O–H groups in total. The highest BCUT2D eigenvalue weighted by Crippen LogP contribution is 2.22. The van der Waals surface area contributed by atoms with Crippen molar-refractivity contribution in [1.29, 1.82) is 0 Å². The van der Waals surface area contributed by atoms with Crippen LogP contribution in [0, 0.1) is 0 Å². The van der Waals surface area contributed by atoms with Crippen molar-refractivity contribution in [3.05, 3.63) is 59.8 Å². The zero-order valence-corrected chi connectivity index (χ0v) is 19.7. The molecule has 1 aromatic heterocycles. The molecule has 3 aliphatic rings. The first-order valence-electron chi connectivity index (χ1n) is 12.4. The van der Waals surface area contributed by atoms with Crippen LogP contribution in [0.4, 0.5) is 5.82 Å². The van der Waals surface area contributed by atoms with Crippen LogP contribution >= 0.6 is 0 Å². The van der Waals surface area contributed by atoms with E-state index in [0.717, 1.165) is 51.6 Å². The fraction of sp³-hybridized carbons (Fsp3) is 0.538. The molecule has 1 atom stereocenters. The Morgan fingerprint density at radius 2 is 1.67 bits per heavy atom. The van der Waals surface area contributed by atoms with E-state index in [1.54, 1.807) is 0 Å². The molecule has 4 heterocycles. The van der Waals surface area contributed by atoms with Gasteiger partial charge in [-0.25, -0.2) is 4.98 Å². The average Bonchev–Trinajstić information content (AvgIpc) is 2.89. The minimum atomic E-state index is 0.0645. The Bertz CT molecular complexity index is 921. The normalized spacial score (nSPS) is 23.6. The van der Waals surface area contributed by atoms with Gasteiger partial charge in [-0.1, -0.05) is 36.4 Å². The Hall–Kier alpha value is -2.48. The van der Waals surface area contributed by atoms with E-state index < -0.39 is 0 Å². The number of nitrogens with zero attached hydrogens (tertiary/aromatic N) is 5. The second kappa shape index (κ2) is 10.2. The Balaban J connectivity index is 1.20. The van der Waals surface area contributed by atoms with Crippen molar-refractivity contribution >= 4 is 11.7 Å². The maximum Gasteiger partial charge on any atom is 0.272 e. The summed E-state index contributed by atoms with van der Waals surface area (Å²) >= 11 is 0. The monoisotopic (exact) mass is 448 g/mol. The van der Waals surface area contributed by atoms with E-state index in [-0.39, 0.29) is 11.9 Å². The molecule has 0 saturated carbocycles. The quantitative estimate of drug-likeness (QED) is 0.773. The highest BCUT2D eigenvalue weighted by molar-refractivity contribution is 5.92. The molecule has 0 spiro atoms. The number of carbonyl (C=O) groups excluding carboxylic acids is 1. The summed E-state index contributed by atoms with van der Waals surface area (Å²) in [6, 6.07) is 17.4. The lowest BCUT2D eigenvalue weighted by atomic mass is 10.0. The zero-order valence-electron chi connectivity index (χ0n) is 19.7. The number of likely N-dealkylation sites (tertiary alicyclic amines) is 1. The molecular weight excluding hydrogens is 412 g/mol. The van der Waals surface area contributed by atoms with Crippen LogP contribution in [0.2, 0.25) is 0 Å². The molecule has 1 aromatic carbocycles. The molecule has 0 bridgehead atoms. The van der Waals surface area contributed by atoms with E-state index in [1.165, 1.54) is 31.5 Å². The minimum Gasteiger partial charge on any atom is -0.353 e. The number of hydrogen-bond donors (Lipinski definition) is 1. The van der Waals surface area contributed by atoms with Gasteiger partial charge >= 0.3 is 0 Å². The SMILES string of the molecule is CN1CCC(N2CCN(C(=O)c3cccc(N4CCN[C@@H](c5ccccc5)C4)n3)CC2)CC1. The number of piperazine rings is 2. The average molecular weight is 449 g/mol. The third-order valence-corrected chi connectivity index (χ3v) is 7.46. The third-order valence-electron chi connectivity index (χ3n) is 7.46. The number of aromatic nitrogens is 1. The van der Waals surface area contributed by atoms with E-state index in [2.05, 4.69) is 51.3 Å². The van der Waals surface area contributed by atoms with Crippen molar-refractivity contribution in [3.8, 4) is 0 Å². The van der Waals surface area contributed by atoms with Crippen LogP contribution < -0.4 is 10.2 Å². The Morgan fingerprint density at radius 3 is 2.42 bits per heavy atom. The van der Waals surface area contributed by atoms with Crippen molar-refractivity contribution in [2.75, 3.05) is 70.9 Å². The van der Waals surface area contributed by atoms with Gasteiger partial charge in [0, 0.05) is 57.9 Å². The fourth-order valence-electron chi connectivity index (χ4n) is 5.40. The van der Waals surface area contributed by atoms with Gasteiger partial charge in [0.1, 0.15) is 11.5 Å². The zero-order chi connectivity index (χ0) is 22.6. The standard InChI is InChI=1S/C26H36N6O/c1-29-13-10-22(11-14-29)30-16-18-31(19-17-30)26(33)23-8-5-9-25(28-23)32-15-12-27-24(20-32)21-6-3-2-4-7-21/h2-9,22,24,27H,10-20H2,1H3/t24-/m1/s1. The van der Waals surface area contributed by atoms with E-state index in [4.69, 9.17) is 4.98 Å². The summed E-state index contributed by atoms with van der Waals surface area (Å²) in [7, 11) is 2.20. The first kappa shape index (κ1) is 22.3. The van der Waals surface area contributed by atoms with Crippen molar-refractivity contribution in [1.82, 2.24) is 25.0 Å². The molecule has 2 aromatic rings. The Kier molecular flexibility index (Phi) is 6.90. The lowest BCUT2D eigenvalue weighted by Gasteiger charge is -2.42. The highest BCUT2D eigenvalue weighted by Gasteiger charge is 2.29. The van der Waals surface area contributed by atoms with Gasteiger partial charge in [-0.05, 0) is 50.7 Å². The molecular formula is C26H36N6O. The van der Waals surface area contributed by atoms with Crippen molar-refractivity contribution in [3.63, 3.8) is 0 Å². The predicted molar refractivity (Wildman–Crippen MR) is 132 cm³/mol. The molecule has 5 rings (SSSR count). The van der Waals surface area contributed by atoms with Gasteiger partial charge in [0.05, 0.1) is 0 Å². The maximum absolute atomic E-state index is 13.3. The van der Waals surface area contributed by atoms with E-state index >= 15 is 0 Å². The third kappa shape index (κ3) is 5.21. The lowest BCUT2D eigenvalue weighted by molar-refractivity contribution is 0.0471. The number of carbonyl (C=O) groups is 1. The second-order valence-electron chi connectivity index (χ2n) is 9.61. The van der Waals surface area contributed by atoms with Crippen molar-refractivity contribution < 1.29 is 4.79 Å². The number of pyridine rings is 1. The number of amides is 1. The smallest absolute Gasteiger partial charge is 0.272 e. The van der Waals surface area contributed by atoms with Crippen LogP contribution in [0.15, 0.2) is 48.5 Å². The second-order valence-corrected chi connectivity index (χ2v) is 9.61. The topological polar surface area (TPSA) is 55.0 Å². The van der Waals surface area contributed by atoms with Gasteiger partial charge in [0.2, 0.25) is 0 Å². The highest BCUT2D eigenvalue weighted by atomic mass is 16.2. The van der Waals surface area contributed by atoms with Crippen LogP contribution in [0.5, 0.6) is 0 Å². The lowest BCUT2D eigenvalue weighted by Crippen LogP contribution is -2.54. The predicted octanol–water partition coefficient (Wildman–Crippen LogP) is 2.08. The van der Waals surface area contributed by atoms with Crippen LogP contribution in [-0.2, 0) is 0 Å². The van der Waals surface area contributed by atoms with Crippen LogP contribution in [0.25, 0.3) is 0 Å². The minimum absolute atomic E-state index is 0.0645. The number of benzene rings is 1. The maximum atomic E-state index is 13.3. The molecule has 0 aliphatic carbocycles. The molecule has 33 heavy (non-hydrogen) atoms. The van der Waals surface area contributed by atoms with Crippen molar-refractivity contribution in [2.24, 2.45) is 0 Å². The summed E-state index contributed by atoms with van der Waals surface area (Å²) in [5.74, 6) is 0.961. The number of rotatable bonds is 4. The largest absolute Gasteiger partial charge is 0.353 e. The van der Waals surface area contributed by atoms with Gasteiger partial charge in [-0.15, -0.1) is 0 Å². The molecule has 3 aliphatic heterocycles. The van der Waals surface area contributed by atoms with E-state index in [1.807, 2.05) is 29.2 Å². The van der Waals surface area contributed by atoms with Crippen LogP contribution in [0.3, 0.4) is 0 Å². The first-order chi connectivity index (χ1) is 16.2. The summed E-state index contributed by atoms with van der Waals surface area (Å²) in [5.41, 5.74) is 1.85. The number of nitrogens with one attached hydrogen (secondary N) is 1. The molecule has 3 saturated heterocycles. The molecule has 7 heteroatoms. The van der Waals surface area contributed by atoms with Gasteiger partial charge in [0.25, 0.3) is 5.91 Å². The molecule has 0 unspecified atom stereocenters. The molecule has 1 amide bonds. The molecule has 176 valence electrons. The number of anilines is 1.